The van der Waals surface area contributed by atoms with Crippen LogP contribution in [0.2, 0.25) is 0 Å². The van der Waals surface area contributed by atoms with Crippen LogP contribution in [0.5, 0.6) is 0 Å². The van der Waals surface area contributed by atoms with E-state index in [2.05, 4.69) is 15.9 Å². The van der Waals surface area contributed by atoms with E-state index in [4.69, 9.17) is 0 Å². The van der Waals surface area contributed by atoms with Crippen molar-refractivity contribution >= 4 is 15.9 Å². The second-order valence-corrected chi connectivity index (χ2v) is 4.99. The molecule has 1 unspecified atom stereocenters. The Morgan fingerprint density at radius 2 is 1.67 bits per heavy atom. The van der Waals surface area contributed by atoms with E-state index in [1.807, 2.05) is 13.8 Å². The molecule has 1 rings (SSSR count). The van der Waals surface area contributed by atoms with Crippen LogP contribution in [0.4, 0.5) is 17.6 Å². The molecule has 0 saturated heterocycles. The summed E-state index contributed by atoms with van der Waals surface area (Å²) in [5.74, 6) is -4.07. The van der Waals surface area contributed by atoms with E-state index in [0.717, 1.165) is 17.5 Å². The lowest BCUT2D eigenvalue weighted by atomic mass is 9.97. The van der Waals surface area contributed by atoms with Crippen molar-refractivity contribution < 1.29 is 17.6 Å². The highest BCUT2D eigenvalue weighted by Gasteiger charge is 2.48. The minimum Gasteiger partial charge on any atom is -0.204 e. The first-order chi connectivity index (χ1) is 8.34. The average molecular weight is 327 g/mol. The summed E-state index contributed by atoms with van der Waals surface area (Å²) in [5.41, 5.74) is 2.17. The Bertz CT molecular complexity index is 404. The molecular formula is C13H15BrF4. The number of alkyl halides is 5. The number of hydrogen-bond acceptors (Lipinski definition) is 0. The highest BCUT2D eigenvalue weighted by atomic mass is 79.9. The van der Waals surface area contributed by atoms with E-state index in [9.17, 15) is 17.6 Å². The quantitative estimate of drug-likeness (QED) is 0.518. The molecule has 18 heavy (non-hydrogen) atoms. The fourth-order valence-electron chi connectivity index (χ4n) is 1.81. The van der Waals surface area contributed by atoms with Gasteiger partial charge in [-0.2, -0.15) is 8.78 Å². The maximum absolute atomic E-state index is 13.2. The molecule has 0 aliphatic rings. The standard InChI is InChI=1S/C13H15BrF4/c1-3-8-5-6-10(7-9(8)4-2)11(14)13(17,18)12(15)16/h5-7,11-12H,3-4H2,1-2H3. The van der Waals surface area contributed by atoms with Crippen molar-refractivity contribution in [3.63, 3.8) is 0 Å². The first kappa shape index (κ1) is 15.5. The van der Waals surface area contributed by atoms with Gasteiger partial charge in [0.05, 0.1) is 0 Å². The van der Waals surface area contributed by atoms with E-state index in [1.165, 1.54) is 6.07 Å². The van der Waals surface area contributed by atoms with Gasteiger partial charge in [-0.05, 0) is 29.5 Å². The molecule has 0 spiro atoms. The number of halogens is 5. The molecule has 5 heteroatoms. The van der Waals surface area contributed by atoms with Gasteiger partial charge in [0.1, 0.15) is 4.83 Å². The molecular weight excluding hydrogens is 312 g/mol. The topological polar surface area (TPSA) is 0 Å². The molecule has 0 saturated carbocycles. The van der Waals surface area contributed by atoms with E-state index in [-0.39, 0.29) is 5.56 Å². The van der Waals surface area contributed by atoms with Crippen LogP contribution in [0.3, 0.4) is 0 Å². The van der Waals surface area contributed by atoms with Crippen LogP contribution >= 0.6 is 15.9 Å². The molecule has 0 aromatic heterocycles. The normalized spacial score (nSPS) is 14.0. The Morgan fingerprint density at radius 3 is 2.11 bits per heavy atom. The zero-order chi connectivity index (χ0) is 13.9. The Kier molecular flexibility index (Phi) is 5.20. The fraction of sp³-hybridized carbons (Fsp3) is 0.538. The Morgan fingerprint density at radius 1 is 1.11 bits per heavy atom. The van der Waals surface area contributed by atoms with Crippen molar-refractivity contribution in [2.75, 3.05) is 0 Å². The summed E-state index contributed by atoms with van der Waals surface area (Å²) in [6.45, 7) is 3.88. The number of rotatable bonds is 5. The van der Waals surface area contributed by atoms with Gasteiger partial charge in [0, 0.05) is 0 Å². The average Bonchev–Trinajstić information content (AvgIpc) is 2.36. The van der Waals surface area contributed by atoms with Crippen molar-refractivity contribution in [3.8, 4) is 0 Å². The maximum Gasteiger partial charge on any atom is 0.323 e. The van der Waals surface area contributed by atoms with E-state index < -0.39 is 17.2 Å². The molecule has 0 nitrogen and oxygen atoms in total. The van der Waals surface area contributed by atoms with Gasteiger partial charge in [-0.1, -0.05) is 48.0 Å². The monoisotopic (exact) mass is 326 g/mol. The van der Waals surface area contributed by atoms with Gasteiger partial charge in [0.25, 0.3) is 0 Å². The van der Waals surface area contributed by atoms with Gasteiger partial charge in [-0.25, -0.2) is 8.78 Å². The second kappa shape index (κ2) is 6.04. The predicted molar refractivity (Wildman–Crippen MR) is 67.8 cm³/mol. The Hall–Kier alpha value is -0.580. The first-order valence-corrected chi connectivity index (χ1v) is 6.67. The molecule has 102 valence electrons. The summed E-state index contributed by atoms with van der Waals surface area (Å²) in [6, 6.07) is 4.78. The van der Waals surface area contributed by atoms with E-state index >= 15 is 0 Å². The van der Waals surface area contributed by atoms with Crippen LogP contribution in [0.1, 0.15) is 35.4 Å². The van der Waals surface area contributed by atoms with Crippen molar-refractivity contribution in [1.82, 2.24) is 0 Å². The zero-order valence-corrected chi connectivity index (χ0v) is 11.8. The van der Waals surface area contributed by atoms with Crippen molar-refractivity contribution in [2.45, 2.75) is 43.9 Å². The summed E-state index contributed by atoms with van der Waals surface area (Å²) in [7, 11) is 0. The summed E-state index contributed by atoms with van der Waals surface area (Å²) in [5, 5.41) is 0. The molecule has 0 radical (unpaired) electrons. The lowest BCUT2D eigenvalue weighted by Crippen LogP contribution is -2.31. The van der Waals surface area contributed by atoms with Gasteiger partial charge in [-0.15, -0.1) is 0 Å². The molecule has 0 heterocycles. The van der Waals surface area contributed by atoms with Crippen molar-refractivity contribution in [3.05, 3.63) is 34.9 Å². The molecule has 0 bridgehead atoms. The first-order valence-electron chi connectivity index (χ1n) is 5.76. The molecule has 0 amide bonds. The van der Waals surface area contributed by atoms with Crippen LogP contribution in [0.25, 0.3) is 0 Å². The molecule has 1 aromatic carbocycles. The predicted octanol–water partition coefficient (Wildman–Crippen LogP) is 5.15. The van der Waals surface area contributed by atoms with Crippen molar-refractivity contribution in [2.24, 2.45) is 0 Å². The lowest BCUT2D eigenvalue weighted by Gasteiger charge is -2.22. The minimum atomic E-state index is -4.07. The molecule has 0 fully saturated rings. The van der Waals surface area contributed by atoms with Crippen LogP contribution in [-0.4, -0.2) is 12.3 Å². The smallest absolute Gasteiger partial charge is 0.204 e. The molecule has 0 aliphatic heterocycles. The number of hydrogen-bond donors (Lipinski definition) is 0. The summed E-state index contributed by atoms with van der Waals surface area (Å²) < 4.78 is 51.1. The van der Waals surface area contributed by atoms with Crippen LogP contribution in [-0.2, 0) is 12.8 Å². The Labute approximate surface area is 113 Å². The van der Waals surface area contributed by atoms with Crippen LogP contribution in [0.15, 0.2) is 18.2 Å². The van der Waals surface area contributed by atoms with Gasteiger partial charge in [0.2, 0.25) is 0 Å². The van der Waals surface area contributed by atoms with Crippen LogP contribution in [0, 0.1) is 0 Å². The summed E-state index contributed by atoms with van der Waals surface area (Å²) in [4.78, 5) is -1.67. The number of aryl methyl sites for hydroxylation is 2. The van der Waals surface area contributed by atoms with Crippen molar-refractivity contribution in [1.29, 1.82) is 0 Å². The highest BCUT2D eigenvalue weighted by Crippen LogP contribution is 2.43. The van der Waals surface area contributed by atoms with E-state index in [0.29, 0.717) is 6.42 Å². The SMILES string of the molecule is CCc1ccc(C(Br)C(F)(F)C(F)F)cc1CC. The molecule has 0 aliphatic carbocycles. The largest absolute Gasteiger partial charge is 0.323 e. The van der Waals surface area contributed by atoms with Gasteiger partial charge in [-0.3, -0.25) is 0 Å². The number of benzene rings is 1. The molecule has 0 N–H and O–H groups in total. The van der Waals surface area contributed by atoms with Gasteiger partial charge >= 0.3 is 12.3 Å². The third-order valence-electron chi connectivity index (χ3n) is 2.91. The minimum absolute atomic E-state index is 0.189. The fourth-order valence-corrected chi connectivity index (χ4v) is 2.29. The highest BCUT2D eigenvalue weighted by molar-refractivity contribution is 9.09. The zero-order valence-electron chi connectivity index (χ0n) is 10.2. The molecule has 1 atom stereocenters. The summed E-state index contributed by atoms with van der Waals surface area (Å²) in [6.07, 6.45) is -2.20. The lowest BCUT2D eigenvalue weighted by molar-refractivity contribution is -0.127. The second-order valence-electron chi connectivity index (χ2n) is 4.07. The van der Waals surface area contributed by atoms with E-state index in [1.54, 1.807) is 12.1 Å². The third-order valence-corrected chi connectivity index (χ3v) is 4.05. The third kappa shape index (κ3) is 3.05. The Balaban J connectivity index is 3.11. The van der Waals surface area contributed by atoms with Gasteiger partial charge in [0.15, 0.2) is 0 Å². The maximum atomic E-state index is 13.2. The van der Waals surface area contributed by atoms with Gasteiger partial charge < -0.3 is 0 Å². The molecule has 1 aromatic rings. The summed E-state index contributed by atoms with van der Waals surface area (Å²) >= 11 is 2.69. The van der Waals surface area contributed by atoms with Crippen LogP contribution < -0.4 is 0 Å².